The Kier molecular flexibility index (Phi) is 6.40. The van der Waals surface area contributed by atoms with Crippen molar-refractivity contribution >= 4 is 15.7 Å². The van der Waals surface area contributed by atoms with Crippen molar-refractivity contribution < 1.29 is 30.8 Å². The van der Waals surface area contributed by atoms with Crippen molar-refractivity contribution in [2.75, 3.05) is 12.8 Å². The molecule has 0 saturated heterocycles. The third-order valence-electron chi connectivity index (χ3n) is 4.58. The third kappa shape index (κ3) is 4.98. The van der Waals surface area contributed by atoms with E-state index in [0.29, 0.717) is 4.68 Å². The molecule has 0 spiro atoms. The Morgan fingerprint density at radius 2 is 1.59 bits per heavy atom. The first-order valence-corrected chi connectivity index (χ1v) is 11.3. The van der Waals surface area contributed by atoms with Gasteiger partial charge in [-0.2, -0.15) is 18.3 Å². The molecule has 170 valence electrons. The molecule has 0 unspecified atom stereocenters. The lowest BCUT2D eigenvalue weighted by atomic mass is 9.98. The average molecular weight is 469 g/mol. The highest BCUT2D eigenvalue weighted by Gasteiger charge is 2.41. The van der Waals surface area contributed by atoms with Crippen molar-refractivity contribution in [1.29, 1.82) is 0 Å². The first-order valence-electron chi connectivity index (χ1n) is 9.43. The number of benzene rings is 2. The van der Waals surface area contributed by atoms with Gasteiger partial charge in [-0.25, -0.2) is 17.5 Å². The van der Waals surface area contributed by atoms with Crippen molar-refractivity contribution in [2.45, 2.75) is 24.5 Å². The van der Waals surface area contributed by atoms with E-state index in [-0.39, 0.29) is 33.8 Å². The number of hydrogen-bond acceptors (Lipinski definition) is 4. The number of alkyl halides is 3. The molecule has 0 aliphatic heterocycles. The summed E-state index contributed by atoms with van der Waals surface area (Å²) in [5, 5.41) is 6.48. The van der Waals surface area contributed by atoms with E-state index >= 15 is 0 Å². The number of nitrogens with zero attached hydrogens (tertiary/aromatic N) is 2. The maximum absolute atomic E-state index is 14.1. The van der Waals surface area contributed by atoms with Gasteiger partial charge in [-0.3, -0.25) is 4.79 Å². The van der Waals surface area contributed by atoms with E-state index in [1.807, 2.05) is 0 Å². The smallest absolute Gasteiger partial charge is 0.355 e. The minimum Gasteiger partial charge on any atom is -0.355 e. The van der Waals surface area contributed by atoms with E-state index < -0.39 is 40.0 Å². The summed E-state index contributed by atoms with van der Waals surface area (Å²) < 4.78 is 79.8. The molecule has 0 bridgehead atoms. The Bertz CT molecular complexity index is 1230. The van der Waals surface area contributed by atoms with Gasteiger partial charge in [-0.05, 0) is 36.8 Å². The van der Waals surface area contributed by atoms with Gasteiger partial charge in [-0.15, -0.1) is 0 Å². The molecular formula is C21H19F4N3O3S. The maximum Gasteiger partial charge on any atom is 0.433 e. The van der Waals surface area contributed by atoms with Crippen molar-refractivity contribution in [3.63, 3.8) is 0 Å². The Morgan fingerprint density at radius 3 is 2.09 bits per heavy atom. The number of aromatic nitrogens is 2. The standard InChI is InChI=1S/C21H19F4N3O3S/c1-3-26-17(29)12-28-20(21(23,24)25)18(13-4-8-15(22)9-5-13)19(27-28)14-6-10-16(11-7-14)32(2,30)31/h4-11H,3,12H2,1-2H3,(H,26,29). The van der Waals surface area contributed by atoms with E-state index in [1.165, 1.54) is 36.4 Å². The SMILES string of the molecule is CCNC(=O)Cn1nc(-c2ccc(S(C)(=O)=O)cc2)c(-c2ccc(F)cc2)c1C(F)(F)F. The Balaban J connectivity index is 2.28. The molecule has 3 rings (SSSR count). The molecule has 1 amide bonds. The second-order valence-corrected chi connectivity index (χ2v) is 9.00. The van der Waals surface area contributed by atoms with Crippen LogP contribution in [-0.2, 0) is 27.4 Å². The fourth-order valence-electron chi connectivity index (χ4n) is 3.21. The van der Waals surface area contributed by atoms with Gasteiger partial charge in [0.15, 0.2) is 15.5 Å². The molecule has 3 aromatic rings. The van der Waals surface area contributed by atoms with Gasteiger partial charge in [0.2, 0.25) is 5.91 Å². The van der Waals surface area contributed by atoms with Gasteiger partial charge in [0.05, 0.1) is 4.90 Å². The van der Waals surface area contributed by atoms with Crippen LogP contribution in [-0.4, -0.2) is 36.9 Å². The molecule has 0 saturated carbocycles. The predicted molar refractivity (Wildman–Crippen MR) is 110 cm³/mol. The summed E-state index contributed by atoms with van der Waals surface area (Å²) in [6, 6.07) is 9.61. The number of halogens is 4. The summed E-state index contributed by atoms with van der Waals surface area (Å²) in [5.41, 5.74) is -1.38. The molecule has 0 aliphatic carbocycles. The van der Waals surface area contributed by atoms with Crippen molar-refractivity contribution in [3.05, 3.63) is 60.0 Å². The molecule has 6 nitrogen and oxygen atoms in total. The molecule has 1 N–H and O–H groups in total. The fraction of sp³-hybridized carbons (Fsp3) is 0.238. The molecule has 0 atom stereocenters. The molecule has 1 heterocycles. The van der Waals surface area contributed by atoms with E-state index in [9.17, 15) is 30.8 Å². The molecular weight excluding hydrogens is 450 g/mol. The highest BCUT2D eigenvalue weighted by atomic mass is 32.2. The summed E-state index contributed by atoms with van der Waals surface area (Å²) in [6.07, 6.45) is -3.87. The van der Waals surface area contributed by atoms with Crippen LogP contribution in [0.5, 0.6) is 0 Å². The van der Waals surface area contributed by atoms with E-state index in [2.05, 4.69) is 10.4 Å². The monoisotopic (exact) mass is 469 g/mol. The Morgan fingerprint density at radius 1 is 1.03 bits per heavy atom. The van der Waals surface area contributed by atoms with Crippen LogP contribution in [0.2, 0.25) is 0 Å². The lowest BCUT2D eigenvalue weighted by molar-refractivity contribution is -0.144. The zero-order chi connectivity index (χ0) is 23.7. The summed E-state index contributed by atoms with van der Waals surface area (Å²) in [7, 11) is -3.52. The lowest BCUT2D eigenvalue weighted by Gasteiger charge is -2.13. The van der Waals surface area contributed by atoms with Crippen LogP contribution in [0.1, 0.15) is 12.6 Å². The Hall–Kier alpha value is -3.21. The van der Waals surface area contributed by atoms with Gasteiger partial charge in [0, 0.05) is 23.9 Å². The van der Waals surface area contributed by atoms with Gasteiger partial charge in [0.1, 0.15) is 18.1 Å². The number of carbonyl (C=O) groups is 1. The van der Waals surface area contributed by atoms with E-state index in [4.69, 9.17) is 0 Å². The first kappa shape index (κ1) is 23.5. The van der Waals surface area contributed by atoms with E-state index in [1.54, 1.807) is 6.92 Å². The molecule has 32 heavy (non-hydrogen) atoms. The zero-order valence-corrected chi connectivity index (χ0v) is 17.9. The van der Waals surface area contributed by atoms with Crippen LogP contribution in [0.25, 0.3) is 22.4 Å². The van der Waals surface area contributed by atoms with Crippen LogP contribution in [0.15, 0.2) is 53.4 Å². The largest absolute Gasteiger partial charge is 0.433 e. The van der Waals surface area contributed by atoms with Crippen LogP contribution in [0, 0.1) is 5.82 Å². The van der Waals surface area contributed by atoms with Crippen LogP contribution >= 0.6 is 0 Å². The van der Waals surface area contributed by atoms with Gasteiger partial charge < -0.3 is 5.32 Å². The fourth-order valence-corrected chi connectivity index (χ4v) is 3.84. The summed E-state index contributed by atoms with van der Waals surface area (Å²) in [5.74, 6) is -1.29. The summed E-state index contributed by atoms with van der Waals surface area (Å²) >= 11 is 0. The van der Waals surface area contributed by atoms with Crippen molar-refractivity contribution in [3.8, 4) is 22.4 Å². The van der Waals surface area contributed by atoms with Gasteiger partial charge >= 0.3 is 6.18 Å². The number of amides is 1. The van der Waals surface area contributed by atoms with Crippen LogP contribution < -0.4 is 5.32 Å². The highest BCUT2D eigenvalue weighted by molar-refractivity contribution is 7.90. The molecule has 0 fully saturated rings. The third-order valence-corrected chi connectivity index (χ3v) is 5.71. The number of carbonyl (C=O) groups excluding carboxylic acids is 1. The molecule has 1 aromatic heterocycles. The van der Waals surface area contributed by atoms with Crippen LogP contribution in [0.3, 0.4) is 0 Å². The Labute approximate surface area is 181 Å². The molecule has 0 aliphatic rings. The second kappa shape index (κ2) is 8.73. The number of likely N-dealkylation sites (N-methyl/N-ethyl adjacent to an activating group) is 1. The molecule has 0 radical (unpaired) electrons. The van der Waals surface area contributed by atoms with E-state index in [0.717, 1.165) is 18.4 Å². The second-order valence-electron chi connectivity index (χ2n) is 6.98. The van der Waals surface area contributed by atoms with Gasteiger partial charge in [-0.1, -0.05) is 24.3 Å². The minimum atomic E-state index is -4.88. The zero-order valence-electron chi connectivity index (χ0n) is 17.1. The molecule has 11 heteroatoms. The number of rotatable bonds is 6. The number of sulfone groups is 1. The number of nitrogens with one attached hydrogen (secondary N) is 1. The van der Waals surface area contributed by atoms with Crippen molar-refractivity contribution in [1.82, 2.24) is 15.1 Å². The molecule has 2 aromatic carbocycles. The topological polar surface area (TPSA) is 81.1 Å². The normalized spacial score (nSPS) is 12.1. The summed E-state index contributed by atoms with van der Waals surface area (Å²) in [6.45, 7) is 1.18. The van der Waals surface area contributed by atoms with Crippen molar-refractivity contribution in [2.24, 2.45) is 0 Å². The minimum absolute atomic E-state index is 0.0117. The first-order chi connectivity index (χ1) is 14.9. The lowest BCUT2D eigenvalue weighted by Crippen LogP contribution is -2.29. The van der Waals surface area contributed by atoms with Gasteiger partial charge in [0.25, 0.3) is 0 Å². The quantitative estimate of drug-likeness (QED) is 0.555. The average Bonchev–Trinajstić information content (AvgIpc) is 3.07. The summed E-state index contributed by atoms with van der Waals surface area (Å²) in [4.78, 5) is 12.0. The highest BCUT2D eigenvalue weighted by Crippen LogP contribution is 2.42. The predicted octanol–water partition coefficient (Wildman–Crippen LogP) is 3.91. The maximum atomic E-state index is 14.1. The van der Waals surface area contributed by atoms with Crippen LogP contribution in [0.4, 0.5) is 17.6 Å². The number of hydrogen-bond donors (Lipinski definition) is 1.